The van der Waals surface area contributed by atoms with E-state index >= 15 is 0 Å². The lowest BCUT2D eigenvalue weighted by atomic mass is 10.1. The predicted molar refractivity (Wildman–Crippen MR) is 94.2 cm³/mol. The maximum Gasteiger partial charge on any atom is 0.220 e. The van der Waals surface area contributed by atoms with Crippen molar-refractivity contribution in [3.8, 4) is 0 Å². The van der Waals surface area contributed by atoms with Crippen molar-refractivity contribution in [1.29, 1.82) is 0 Å². The molecule has 0 unspecified atom stereocenters. The highest BCUT2D eigenvalue weighted by Gasteiger charge is 2.12. The number of hydrogen-bond acceptors (Lipinski definition) is 4. The van der Waals surface area contributed by atoms with Crippen LogP contribution in [0.1, 0.15) is 53.0 Å². The van der Waals surface area contributed by atoms with Gasteiger partial charge >= 0.3 is 0 Å². The molecule has 3 nitrogen and oxygen atoms in total. The number of nitrogens with zero attached hydrogens (tertiary/aromatic N) is 1. The first-order valence-corrected chi connectivity index (χ1v) is 8.21. The summed E-state index contributed by atoms with van der Waals surface area (Å²) in [5, 5.41) is 3.16. The lowest BCUT2D eigenvalue weighted by Gasteiger charge is -2.16. The molecule has 0 heterocycles. The molecule has 0 aromatic heterocycles. The van der Waals surface area contributed by atoms with E-state index in [1.165, 1.54) is 6.42 Å². The molecular weight excluding hydrogens is 268 g/mol. The summed E-state index contributed by atoms with van der Waals surface area (Å²) in [4.78, 5) is 13.6. The number of nitrogens with one attached hydrogen (secondary N) is 1. The zero-order valence-electron chi connectivity index (χ0n) is 14.3. The van der Waals surface area contributed by atoms with Crippen LogP contribution in [0.15, 0.2) is 4.79 Å². The molecule has 0 saturated heterocycles. The van der Waals surface area contributed by atoms with E-state index in [9.17, 15) is 4.79 Å². The summed E-state index contributed by atoms with van der Waals surface area (Å²) in [7, 11) is 2.12. The molecule has 0 spiro atoms. The molecular formula is C16H32N2OS. The first-order chi connectivity index (χ1) is 9.57. The van der Waals surface area contributed by atoms with Crippen LogP contribution in [0.4, 0.5) is 5.69 Å². The normalized spacial score (nSPS) is 9.60. The molecule has 0 fully saturated rings. The quantitative estimate of drug-likeness (QED) is 0.605. The van der Waals surface area contributed by atoms with Gasteiger partial charge in [-0.3, -0.25) is 4.79 Å². The minimum Gasteiger partial charge on any atom is -0.382 e. The fourth-order valence-electron chi connectivity index (χ4n) is 1.77. The molecule has 0 atom stereocenters. The minimum atomic E-state index is 0.00872. The average Bonchev–Trinajstić information content (AvgIpc) is 2.50. The fourth-order valence-corrected chi connectivity index (χ4v) is 1.98. The van der Waals surface area contributed by atoms with Gasteiger partial charge in [0.05, 0.1) is 10.2 Å². The fraction of sp³-hybridized carbons (Fsp3) is 0.750. The van der Waals surface area contributed by atoms with Gasteiger partial charge in [-0.05, 0) is 45.5 Å². The SMILES string of the molecule is CC.CC.CCCN(C)CCCNc1c(C)c(=S)c1=O. The zero-order valence-corrected chi connectivity index (χ0v) is 15.1. The van der Waals surface area contributed by atoms with Gasteiger partial charge in [0.15, 0.2) is 0 Å². The van der Waals surface area contributed by atoms with Gasteiger partial charge in [-0.2, -0.15) is 0 Å². The topological polar surface area (TPSA) is 32.3 Å². The molecule has 0 aliphatic carbocycles. The number of rotatable bonds is 7. The van der Waals surface area contributed by atoms with Crippen LogP contribution in [0.25, 0.3) is 0 Å². The molecule has 0 bridgehead atoms. The minimum absolute atomic E-state index is 0.00872. The van der Waals surface area contributed by atoms with E-state index in [1.807, 2.05) is 34.6 Å². The Morgan fingerprint density at radius 2 is 1.70 bits per heavy atom. The summed E-state index contributed by atoms with van der Waals surface area (Å²) < 4.78 is 0.491. The Bertz CT molecular complexity index is 409. The van der Waals surface area contributed by atoms with Gasteiger partial charge in [0, 0.05) is 6.54 Å². The van der Waals surface area contributed by atoms with Crippen LogP contribution >= 0.6 is 12.2 Å². The van der Waals surface area contributed by atoms with E-state index in [0.717, 1.165) is 37.3 Å². The van der Waals surface area contributed by atoms with Crippen molar-refractivity contribution >= 4 is 17.9 Å². The molecule has 20 heavy (non-hydrogen) atoms. The Morgan fingerprint density at radius 3 is 2.15 bits per heavy atom. The van der Waals surface area contributed by atoms with Crippen LogP contribution < -0.4 is 10.7 Å². The summed E-state index contributed by atoms with van der Waals surface area (Å²) in [5.41, 5.74) is 1.68. The maximum atomic E-state index is 11.3. The van der Waals surface area contributed by atoms with Crippen molar-refractivity contribution in [3.63, 3.8) is 0 Å². The van der Waals surface area contributed by atoms with Gasteiger partial charge in [0.2, 0.25) is 5.43 Å². The Labute approximate surface area is 130 Å². The third kappa shape index (κ3) is 7.15. The third-order valence-electron chi connectivity index (χ3n) is 2.77. The lowest BCUT2D eigenvalue weighted by molar-refractivity contribution is 0.333. The summed E-state index contributed by atoms with van der Waals surface area (Å²) in [6.45, 7) is 15.1. The van der Waals surface area contributed by atoms with Crippen molar-refractivity contribution < 1.29 is 0 Å². The summed E-state index contributed by atoms with van der Waals surface area (Å²) >= 11 is 4.91. The van der Waals surface area contributed by atoms with Gasteiger partial charge < -0.3 is 10.2 Å². The summed E-state index contributed by atoms with van der Waals surface area (Å²) in [6.07, 6.45) is 2.23. The van der Waals surface area contributed by atoms with E-state index in [2.05, 4.69) is 24.2 Å². The predicted octanol–water partition coefficient (Wildman–Crippen LogP) is 4.16. The Balaban J connectivity index is 0. The molecule has 0 saturated carbocycles. The molecule has 0 radical (unpaired) electrons. The maximum absolute atomic E-state index is 11.3. The zero-order chi connectivity index (χ0) is 16.1. The molecule has 1 aromatic rings. The van der Waals surface area contributed by atoms with Crippen LogP contribution in [0.2, 0.25) is 0 Å². The van der Waals surface area contributed by atoms with E-state index in [4.69, 9.17) is 12.2 Å². The van der Waals surface area contributed by atoms with E-state index in [1.54, 1.807) is 0 Å². The summed E-state index contributed by atoms with van der Waals surface area (Å²) in [5.74, 6) is 0. The van der Waals surface area contributed by atoms with Gasteiger partial charge in [0.1, 0.15) is 0 Å². The highest BCUT2D eigenvalue weighted by Crippen LogP contribution is 2.13. The first-order valence-electron chi connectivity index (χ1n) is 7.80. The van der Waals surface area contributed by atoms with Crippen LogP contribution in [0, 0.1) is 11.4 Å². The second kappa shape index (κ2) is 13.3. The van der Waals surface area contributed by atoms with Crippen LogP contribution in [-0.2, 0) is 0 Å². The third-order valence-corrected chi connectivity index (χ3v) is 3.26. The monoisotopic (exact) mass is 300 g/mol. The Hall–Kier alpha value is -0.740. The summed E-state index contributed by atoms with van der Waals surface area (Å²) in [6, 6.07) is 0. The molecule has 0 amide bonds. The Kier molecular flexibility index (Phi) is 14.3. The number of hydrogen-bond donors (Lipinski definition) is 1. The largest absolute Gasteiger partial charge is 0.382 e. The smallest absolute Gasteiger partial charge is 0.220 e. The average molecular weight is 301 g/mol. The second-order valence-corrected chi connectivity index (χ2v) is 4.65. The first kappa shape index (κ1) is 21.6. The van der Waals surface area contributed by atoms with Crippen molar-refractivity contribution in [1.82, 2.24) is 4.90 Å². The molecule has 4 heteroatoms. The molecule has 0 aliphatic rings. The molecule has 1 N–H and O–H groups in total. The standard InChI is InChI=1S/C12H20N2OS.2C2H6/c1-4-7-14(3)8-5-6-13-10-9(2)12(16)11(10)15;2*1-2/h13H,4-8H2,1-3H3;2*1-2H3. The van der Waals surface area contributed by atoms with Crippen molar-refractivity contribution in [2.24, 2.45) is 0 Å². The van der Waals surface area contributed by atoms with Gasteiger partial charge in [-0.25, -0.2) is 0 Å². The van der Waals surface area contributed by atoms with Crippen molar-refractivity contribution in [3.05, 3.63) is 20.3 Å². The van der Waals surface area contributed by atoms with Crippen molar-refractivity contribution in [2.45, 2.75) is 54.4 Å². The van der Waals surface area contributed by atoms with Crippen LogP contribution in [0.3, 0.4) is 0 Å². The highest BCUT2D eigenvalue weighted by molar-refractivity contribution is 7.71. The molecule has 1 aromatic carbocycles. The van der Waals surface area contributed by atoms with Crippen LogP contribution in [-0.4, -0.2) is 31.6 Å². The molecule has 1 rings (SSSR count). The highest BCUT2D eigenvalue weighted by atomic mass is 32.1. The number of anilines is 1. The molecule has 118 valence electrons. The van der Waals surface area contributed by atoms with E-state index in [-0.39, 0.29) is 5.43 Å². The Morgan fingerprint density at radius 1 is 1.15 bits per heavy atom. The van der Waals surface area contributed by atoms with E-state index in [0.29, 0.717) is 4.51 Å². The van der Waals surface area contributed by atoms with Gasteiger partial charge in [-0.1, -0.05) is 46.8 Å². The van der Waals surface area contributed by atoms with Crippen LogP contribution in [0.5, 0.6) is 0 Å². The van der Waals surface area contributed by atoms with Gasteiger partial charge in [-0.15, -0.1) is 0 Å². The molecule has 0 aliphatic heterocycles. The second-order valence-electron chi connectivity index (χ2n) is 4.24. The van der Waals surface area contributed by atoms with Gasteiger partial charge in [0.25, 0.3) is 0 Å². The van der Waals surface area contributed by atoms with E-state index < -0.39 is 0 Å². The van der Waals surface area contributed by atoms with Crippen molar-refractivity contribution in [2.75, 3.05) is 32.0 Å². The lowest BCUT2D eigenvalue weighted by Crippen LogP contribution is -2.24.